The molecule has 6 heteroatoms. The quantitative estimate of drug-likeness (QED) is 0.666. The van der Waals surface area contributed by atoms with E-state index in [9.17, 15) is 0 Å². The average molecular weight is 240 g/mol. The highest BCUT2D eigenvalue weighted by molar-refractivity contribution is 5.66. The Morgan fingerprint density at radius 3 is 2.88 bits per heavy atom. The number of aromatic nitrogens is 2. The van der Waals surface area contributed by atoms with E-state index in [-0.39, 0.29) is 0 Å². The number of anilines is 2. The van der Waals surface area contributed by atoms with Crippen molar-refractivity contribution in [3.63, 3.8) is 0 Å². The van der Waals surface area contributed by atoms with Gasteiger partial charge in [0.15, 0.2) is 5.82 Å². The van der Waals surface area contributed by atoms with E-state index < -0.39 is 0 Å². The maximum absolute atomic E-state index is 5.81. The Morgan fingerprint density at radius 2 is 2.18 bits per heavy atom. The lowest BCUT2D eigenvalue weighted by Crippen LogP contribution is -2.10. The van der Waals surface area contributed by atoms with Crippen LogP contribution in [0.25, 0.3) is 0 Å². The van der Waals surface area contributed by atoms with Gasteiger partial charge in [-0.15, -0.1) is 0 Å². The Labute approximate surface area is 102 Å². The van der Waals surface area contributed by atoms with Gasteiger partial charge in [-0.2, -0.15) is 4.98 Å². The zero-order valence-electron chi connectivity index (χ0n) is 10.4. The van der Waals surface area contributed by atoms with Crippen LogP contribution in [0.5, 0.6) is 5.88 Å². The highest BCUT2D eigenvalue weighted by Crippen LogP contribution is 2.23. The Morgan fingerprint density at radius 1 is 1.35 bits per heavy atom. The molecule has 0 amide bonds. The van der Waals surface area contributed by atoms with Crippen molar-refractivity contribution in [2.75, 3.05) is 37.9 Å². The second kappa shape index (κ2) is 7.67. The molecule has 3 N–H and O–H groups in total. The summed E-state index contributed by atoms with van der Waals surface area (Å²) in [6.07, 6.45) is 3.38. The normalized spacial score (nSPS) is 10.2. The van der Waals surface area contributed by atoms with Gasteiger partial charge in [0.1, 0.15) is 12.0 Å². The third-order valence-electron chi connectivity index (χ3n) is 2.15. The van der Waals surface area contributed by atoms with Crippen molar-refractivity contribution >= 4 is 11.5 Å². The van der Waals surface area contributed by atoms with Crippen LogP contribution < -0.4 is 15.8 Å². The molecule has 0 spiro atoms. The second-order valence-corrected chi connectivity index (χ2v) is 3.54. The van der Waals surface area contributed by atoms with Crippen molar-refractivity contribution in [2.24, 2.45) is 0 Å². The van der Waals surface area contributed by atoms with Crippen LogP contribution in [0.1, 0.15) is 19.8 Å². The van der Waals surface area contributed by atoms with E-state index in [0.717, 1.165) is 32.6 Å². The van der Waals surface area contributed by atoms with Gasteiger partial charge in [-0.1, -0.05) is 6.92 Å². The fourth-order valence-corrected chi connectivity index (χ4v) is 1.31. The fraction of sp³-hybridized carbons (Fsp3) is 0.636. The molecule has 0 fully saturated rings. The molecule has 0 radical (unpaired) electrons. The summed E-state index contributed by atoms with van der Waals surface area (Å²) in [5, 5.41) is 3.13. The third-order valence-corrected chi connectivity index (χ3v) is 2.15. The molecule has 1 rings (SSSR count). The van der Waals surface area contributed by atoms with Gasteiger partial charge in [-0.05, 0) is 12.8 Å². The molecule has 0 atom stereocenters. The number of nitrogens with one attached hydrogen (secondary N) is 1. The lowest BCUT2D eigenvalue weighted by atomic mass is 10.4. The van der Waals surface area contributed by atoms with Crippen LogP contribution in [-0.4, -0.2) is 36.8 Å². The van der Waals surface area contributed by atoms with E-state index in [2.05, 4.69) is 22.2 Å². The Hall–Kier alpha value is -1.56. The van der Waals surface area contributed by atoms with Crippen LogP contribution in [0.3, 0.4) is 0 Å². The van der Waals surface area contributed by atoms with Crippen LogP contribution in [0.15, 0.2) is 6.33 Å². The summed E-state index contributed by atoms with van der Waals surface area (Å²) in [4.78, 5) is 7.96. The first-order chi connectivity index (χ1) is 8.29. The maximum atomic E-state index is 5.81. The summed E-state index contributed by atoms with van der Waals surface area (Å²) in [7, 11) is 1.53. The second-order valence-electron chi connectivity index (χ2n) is 3.54. The van der Waals surface area contributed by atoms with Crippen LogP contribution >= 0.6 is 0 Å². The average Bonchev–Trinajstić information content (AvgIpc) is 2.35. The molecule has 1 aromatic rings. The standard InChI is InChI=1S/C11H20N4O2/c1-3-6-17-7-4-5-13-10-9(12)11(16-2)15-8-14-10/h8H,3-7,12H2,1-2H3,(H,13,14,15). The number of nitrogens with two attached hydrogens (primary N) is 1. The number of nitrogen functional groups attached to an aromatic ring is 1. The molecule has 1 aromatic heterocycles. The van der Waals surface area contributed by atoms with Gasteiger partial charge in [0.05, 0.1) is 7.11 Å². The molecule has 6 nitrogen and oxygen atoms in total. The summed E-state index contributed by atoms with van der Waals surface area (Å²) in [6, 6.07) is 0. The van der Waals surface area contributed by atoms with Crippen molar-refractivity contribution in [3.05, 3.63) is 6.33 Å². The maximum Gasteiger partial charge on any atom is 0.242 e. The first-order valence-corrected chi connectivity index (χ1v) is 5.75. The summed E-state index contributed by atoms with van der Waals surface area (Å²) < 4.78 is 10.4. The molecule has 0 aliphatic carbocycles. The van der Waals surface area contributed by atoms with Crippen molar-refractivity contribution in [2.45, 2.75) is 19.8 Å². The molecule has 0 saturated heterocycles. The Balaban J connectivity index is 2.31. The first kappa shape index (κ1) is 13.5. The first-order valence-electron chi connectivity index (χ1n) is 5.75. The molecule has 0 aromatic carbocycles. The zero-order valence-corrected chi connectivity index (χ0v) is 10.4. The highest BCUT2D eigenvalue weighted by atomic mass is 16.5. The van der Waals surface area contributed by atoms with E-state index in [1.165, 1.54) is 13.4 Å². The predicted octanol–water partition coefficient (Wildman–Crippen LogP) is 1.30. The van der Waals surface area contributed by atoms with E-state index in [1.807, 2.05) is 0 Å². The fourth-order valence-electron chi connectivity index (χ4n) is 1.31. The number of nitrogens with zero attached hydrogens (tertiary/aromatic N) is 2. The third kappa shape index (κ3) is 4.44. The van der Waals surface area contributed by atoms with Gasteiger partial charge in [0, 0.05) is 19.8 Å². The van der Waals surface area contributed by atoms with Crippen LogP contribution in [0, 0.1) is 0 Å². The van der Waals surface area contributed by atoms with Crippen molar-refractivity contribution < 1.29 is 9.47 Å². The Kier molecular flexibility index (Phi) is 6.09. The number of ether oxygens (including phenoxy) is 2. The minimum absolute atomic E-state index is 0.393. The smallest absolute Gasteiger partial charge is 0.242 e. The molecule has 96 valence electrons. The monoisotopic (exact) mass is 240 g/mol. The summed E-state index contributed by atoms with van der Waals surface area (Å²) in [5.41, 5.74) is 6.25. The highest BCUT2D eigenvalue weighted by Gasteiger charge is 2.06. The number of hydrogen-bond acceptors (Lipinski definition) is 6. The molecule has 17 heavy (non-hydrogen) atoms. The predicted molar refractivity (Wildman–Crippen MR) is 67.2 cm³/mol. The van der Waals surface area contributed by atoms with E-state index in [4.69, 9.17) is 15.2 Å². The SMILES string of the molecule is CCCOCCCNc1ncnc(OC)c1N. The van der Waals surface area contributed by atoms with Crippen molar-refractivity contribution in [1.29, 1.82) is 0 Å². The van der Waals surface area contributed by atoms with Gasteiger partial charge < -0.3 is 20.5 Å². The number of hydrogen-bond donors (Lipinski definition) is 2. The van der Waals surface area contributed by atoms with E-state index >= 15 is 0 Å². The summed E-state index contributed by atoms with van der Waals surface area (Å²) in [6.45, 7) is 4.40. The summed E-state index contributed by atoms with van der Waals surface area (Å²) in [5.74, 6) is 0.997. The number of rotatable bonds is 8. The Bertz CT molecular complexity index is 333. The minimum Gasteiger partial charge on any atom is -0.479 e. The molecule has 0 bridgehead atoms. The number of methoxy groups -OCH3 is 1. The van der Waals surface area contributed by atoms with Crippen LogP contribution in [0.2, 0.25) is 0 Å². The lowest BCUT2D eigenvalue weighted by Gasteiger charge is -2.09. The summed E-state index contributed by atoms with van der Waals surface area (Å²) >= 11 is 0. The van der Waals surface area contributed by atoms with E-state index in [1.54, 1.807) is 0 Å². The molecular weight excluding hydrogens is 220 g/mol. The van der Waals surface area contributed by atoms with Gasteiger partial charge in [-0.3, -0.25) is 0 Å². The molecule has 0 aliphatic heterocycles. The van der Waals surface area contributed by atoms with Crippen LogP contribution in [0.4, 0.5) is 11.5 Å². The van der Waals surface area contributed by atoms with Gasteiger partial charge >= 0.3 is 0 Å². The molecule has 0 aliphatic rings. The topological polar surface area (TPSA) is 82.3 Å². The van der Waals surface area contributed by atoms with Crippen LogP contribution in [-0.2, 0) is 4.74 Å². The molecule has 0 unspecified atom stereocenters. The molecule has 1 heterocycles. The van der Waals surface area contributed by atoms with Crippen molar-refractivity contribution in [1.82, 2.24) is 9.97 Å². The van der Waals surface area contributed by atoms with Gasteiger partial charge in [0.2, 0.25) is 5.88 Å². The minimum atomic E-state index is 0.393. The van der Waals surface area contributed by atoms with Gasteiger partial charge in [0.25, 0.3) is 0 Å². The van der Waals surface area contributed by atoms with E-state index in [0.29, 0.717) is 17.4 Å². The lowest BCUT2D eigenvalue weighted by molar-refractivity contribution is 0.134. The van der Waals surface area contributed by atoms with Gasteiger partial charge in [-0.25, -0.2) is 4.98 Å². The van der Waals surface area contributed by atoms with Crippen molar-refractivity contribution in [3.8, 4) is 5.88 Å². The largest absolute Gasteiger partial charge is 0.479 e. The zero-order chi connectivity index (χ0) is 12.5. The molecule has 0 saturated carbocycles. The molecular formula is C11H20N4O2.